The number of sulfone groups is 1. The van der Waals surface area contributed by atoms with E-state index in [0.717, 1.165) is 24.3 Å². The Morgan fingerprint density at radius 2 is 1.33 bits per heavy atom. The van der Waals surface area contributed by atoms with Gasteiger partial charge in [-0.1, -0.05) is 24.3 Å². The summed E-state index contributed by atoms with van der Waals surface area (Å²) in [6.45, 7) is 1.38. The van der Waals surface area contributed by atoms with Crippen molar-refractivity contribution in [2.45, 2.75) is 53.9 Å². The first-order valence-corrected chi connectivity index (χ1v) is 14.3. The normalized spacial score (nSPS) is 21.1. The molecule has 0 saturated carbocycles. The quantitative estimate of drug-likeness (QED) is 0.335. The van der Waals surface area contributed by atoms with E-state index in [0.29, 0.717) is 38.1 Å². The largest absolute Gasteiger partial charge is 0.435 e. The number of halogens is 8. The Balaban J connectivity index is 1.74. The van der Waals surface area contributed by atoms with Crippen LogP contribution in [0.5, 0.6) is 0 Å². The molecule has 2 saturated heterocycles. The van der Waals surface area contributed by atoms with Gasteiger partial charge in [-0.3, -0.25) is 9.59 Å². The number of benzene rings is 2. The summed E-state index contributed by atoms with van der Waals surface area (Å²) in [5, 5.41) is 0. The third kappa shape index (κ3) is 5.24. The van der Waals surface area contributed by atoms with Gasteiger partial charge in [0.15, 0.2) is 9.84 Å². The van der Waals surface area contributed by atoms with Gasteiger partial charge in [-0.15, -0.1) is 0 Å². The van der Waals surface area contributed by atoms with Crippen molar-refractivity contribution in [2.75, 3.05) is 26.2 Å². The van der Waals surface area contributed by atoms with Gasteiger partial charge in [0.1, 0.15) is 10.6 Å². The second-order valence-electron chi connectivity index (χ2n) is 10.5. The van der Waals surface area contributed by atoms with Gasteiger partial charge in [-0.25, -0.2) is 17.2 Å². The number of amides is 2. The van der Waals surface area contributed by atoms with Crippen LogP contribution in [0.4, 0.5) is 35.1 Å². The van der Waals surface area contributed by atoms with E-state index >= 15 is 0 Å². The highest BCUT2D eigenvalue weighted by atomic mass is 32.2. The molecule has 0 N–H and O–H groups in total. The summed E-state index contributed by atoms with van der Waals surface area (Å²) in [6, 6.07) is 5.50. The number of carbonyl (C=O) groups is 2. The summed E-state index contributed by atoms with van der Waals surface area (Å²) in [4.78, 5) is 27.4. The number of hydrogen-bond acceptors (Lipinski definition) is 4. The van der Waals surface area contributed by atoms with Crippen LogP contribution in [0.25, 0.3) is 0 Å². The molecule has 2 aromatic carbocycles. The van der Waals surface area contributed by atoms with Crippen LogP contribution in [0.15, 0.2) is 53.4 Å². The van der Waals surface area contributed by atoms with Crippen molar-refractivity contribution in [3.05, 3.63) is 65.5 Å². The van der Waals surface area contributed by atoms with Crippen LogP contribution in [0, 0.1) is 11.7 Å². The number of piperidine rings is 1. The Kier molecular flexibility index (Phi) is 8.15. The minimum atomic E-state index is -6.36. The lowest BCUT2D eigenvalue weighted by Gasteiger charge is -2.34. The van der Waals surface area contributed by atoms with E-state index in [1.54, 1.807) is 4.90 Å². The second-order valence-corrected chi connectivity index (χ2v) is 12.7. The highest BCUT2D eigenvalue weighted by Crippen LogP contribution is 2.54. The van der Waals surface area contributed by atoms with E-state index in [1.807, 2.05) is 0 Å². The lowest BCUT2D eigenvalue weighted by Crippen LogP contribution is -2.50. The Morgan fingerprint density at radius 1 is 0.810 bits per heavy atom. The second kappa shape index (κ2) is 10.8. The molecule has 0 aromatic heterocycles. The fourth-order valence-electron chi connectivity index (χ4n) is 5.61. The van der Waals surface area contributed by atoms with E-state index in [2.05, 4.69) is 0 Å². The van der Waals surface area contributed by atoms with Gasteiger partial charge >= 0.3 is 18.0 Å². The van der Waals surface area contributed by atoms with E-state index in [-0.39, 0.29) is 41.5 Å². The van der Waals surface area contributed by atoms with E-state index in [4.69, 9.17) is 0 Å². The number of nitrogens with zero attached hydrogens (tertiary/aromatic N) is 2. The van der Waals surface area contributed by atoms with E-state index in [1.165, 1.54) is 11.8 Å². The monoisotopic (exact) mass is 626 g/mol. The van der Waals surface area contributed by atoms with Gasteiger partial charge in [0.25, 0.3) is 0 Å². The zero-order chi connectivity index (χ0) is 31.3. The van der Waals surface area contributed by atoms with Crippen molar-refractivity contribution < 1.29 is 53.1 Å². The Morgan fingerprint density at radius 3 is 1.81 bits per heavy atom. The maximum absolute atomic E-state index is 14.6. The molecule has 2 aliphatic rings. The van der Waals surface area contributed by atoms with Crippen LogP contribution in [0.1, 0.15) is 37.3 Å². The topological polar surface area (TPSA) is 74.8 Å². The van der Waals surface area contributed by atoms with Gasteiger partial charge in [0.05, 0.1) is 4.90 Å². The minimum absolute atomic E-state index is 0.119. The molecule has 42 heavy (non-hydrogen) atoms. The molecule has 15 heteroatoms. The maximum Gasteiger partial charge on any atom is 0.435 e. The van der Waals surface area contributed by atoms with Crippen LogP contribution in [-0.4, -0.2) is 68.6 Å². The third-order valence-electron chi connectivity index (χ3n) is 8.06. The van der Waals surface area contributed by atoms with Crippen LogP contribution in [0.3, 0.4) is 0 Å². The molecule has 0 radical (unpaired) electrons. The predicted molar refractivity (Wildman–Crippen MR) is 133 cm³/mol. The number of likely N-dealkylation sites (tertiary alicyclic amines) is 2. The molecule has 2 fully saturated rings. The molecule has 2 amide bonds. The third-order valence-corrected chi connectivity index (χ3v) is 10.6. The summed E-state index contributed by atoms with van der Waals surface area (Å²) < 4.78 is 134. The molecule has 0 unspecified atom stereocenters. The number of rotatable bonds is 5. The molecule has 6 nitrogen and oxygen atoms in total. The first kappa shape index (κ1) is 31.7. The van der Waals surface area contributed by atoms with Crippen molar-refractivity contribution >= 4 is 21.7 Å². The fourth-order valence-corrected chi connectivity index (χ4v) is 7.69. The molecule has 2 aromatic rings. The van der Waals surface area contributed by atoms with Crippen molar-refractivity contribution in [1.82, 2.24) is 9.80 Å². The van der Waals surface area contributed by atoms with Crippen LogP contribution in [0.2, 0.25) is 0 Å². The van der Waals surface area contributed by atoms with Crippen molar-refractivity contribution in [2.24, 2.45) is 5.92 Å². The fraction of sp³-hybridized carbons (Fsp3) is 0.481. The van der Waals surface area contributed by atoms with Crippen molar-refractivity contribution in [1.29, 1.82) is 0 Å². The lowest BCUT2D eigenvalue weighted by molar-refractivity contribution is -0.348. The van der Waals surface area contributed by atoms with Gasteiger partial charge < -0.3 is 9.80 Å². The molecule has 0 bridgehead atoms. The standard InChI is InChI=1S/C27H26F8N2O4S/c1-17(38)36-13-10-18(11-14-36)23(39)37-15-12-24(16-37,42(40,41)22-8-6-21(28)7-9-22)19-2-4-20(5-3-19)25(29,26(30,31)32)27(33,34)35/h2-9,18H,10-16H2,1H3/t24-/m0/s1. The summed E-state index contributed by atoms with van der Waals surface area (Å²) in [5.41, 5.74) is -7.76. The summed E-state index contributed by atoms with van der Waals surface area (Å²) >= 11 is 0. The molecular weight excluding hydrogens is 600 g/mol. The van der Waals surface area contributed by atoms with Crippen molar-refractivity contribution in [3.8, 4) is 0 Å². The SMILES string of the molecule is CC(=O)N1CCC(C(=O)N2CC[C@](c3ccc(C(F)(C(F)(F)F)C(F)(F)F)cc3)(S(=O)(=O)c3ccc(F)cc3)C2)CC1. The zero-order valence-electron chi connectivity index (χ0n) is 22.1. The van der Waals surface area contributed by atoms with Crippen LogP contribution in [-0.2, 0) is 29.8 Å². The Labute approximate surface area is 236 Å². The van der Waals surface area contributed by atoms with Crippen molar-refractivity contribution in [3.63, 3.8) is 0 Å². The molecule has 0 spiro atoms. The average Bonchev–Trinajstić information content (AvgIpc) is 3.39. The maximum atomic E-state index is 14.6. The Hall–Kier alpha value is -3.23. The molecule has 4 rings (SSSR count). The van der Waals surface area contributed by atoms with Gasteiger partial charge in [0.2, 0.25) is 11.8 Å². The average molecular weight is 627 g/mol. The van der Waals surface area contributed by atoms with E-state index < -0.39 is 62.4 Å². The molecule has 2 aliphatic heterocycles. The summed E-state index contributed by atoms with van der Waals surface area (Å²) in [6.07, 6.45) is -12.4. The minimum Gasteiger partial charge on any atom is -0.343 e. The van der Waals surface area contributed by atoms with Crippen LogP contribution >= 0.6 is 0 Å². The molecule has 230 valence electrons. The van der Waals surface area contributed by atoms with E-state index in [9.17, 15) is 53.1 Å². The lowest BCUT2D eigenvalue weighted by atomic mass is 9.90. The predicted octanol–water partition coefficient (Wildman–Crippen LogP) is 5.28. The smallest absolute Gasteiger partial charge is 0.343 e. The highest BCUT2D eigenvalue weighted by molar-refractivity contribution is 7.92. The number of alkyl halides is 7. The summed E-state index contributed by atoms with van der Waals surface area (Å²) in [7, 11) is -4.54. The van der Waals surface area contributed by atoms with Gasteiger partial charge in [0, 0.05) is 44.6 Å². The first-order valence-electron chi connectivity index (χ1n) is 12.8. The summed E-state index contributed by atoms with van der Waals surface area (Å²) in [5.74, 6) is -1.88. The molecule has 0 aliphatic carbocycles. The molecule has 2 heterocycles. The number of hydrogen-bond donors (Lipinski definition) is 0. The highest BCUT2D eigenvalue weighted by Gasteiger charge is 2.73. The molecule has 1 atom stereocenters. The number of carbonyl (C=O) groups excluding carboxylic acids is 2. The molecular formula is C27H26F8N2O4S. The van der Waals surface area contributed by atoms with Crippen LogP contribution < -0.4 is 0 Å². The first-order chi connectivity index (χ1) is 19.3. The van der Waals surface area contributed by atoms with Gasteiger partial charge in [-0.05, 0) is 49.1 Å². The zero-order valence-corrected chi connectivity index (χ0v) is 22.9. The van der Waals surface area contributed by atoms with Gasteiger partial charge in [-0.2, -0.15) is 26.3 Å². The Bertz CT molecular complexity index is 1420.